The fourth-order valence-corrected chi connectivity index (χ4v) is 1.22. The first-order chi connectivity index (χ1) is 13.4. The highest BCUT2D eigenvalue weighted by molar-refractivity contribution is 4.85. The molecule has 3 unspecified atom stereocenters. The van der Waals surface area contributed by atoms with E-state index in [2.05, 4.69) is 14.2 Å². The van der Waals surface area contributed by atoms with E-state index in [4.69, 9.17) is 0 Å². The van der Waals surface area contributed by atoms with Crippen LogP contribution in [0.1, 0.15) is 0 Å². The molecule has 0 saturated carbocycles. The molecule has 0 heterocycles. The first-order valence-corrected chi connectivity index (χ1v) is 6.51. The summed E-state index contributed by atoms with van der Waals surface area (Å²) >= 11 is 0. The van der Waals surface area contributed by atoms with Gasteiger partial charge < -0.3 is 0 Å². The lowest BCUT2D eigenvalue weighted by Crippen LogP contribution is -2.60. The fraction of sp³-hybridized carbons (Fsp3) is 1.00. The average Bonchev–Trinajstić information content (AvgIpc) is 2.50. The van der Waals surface area contributed by atoms with Crippen molar-refractivity contribution < 1.29 is 93.2 Å². The molecule has 0 rings (SSSR count). The molecule has 21 heteroatoms. The van der Waals surface area contributed by atoms with Crippen molar-refractivity contribution in [1.29, 1.82) is 0 Å². The first kappa shape index (κ1) is 29.6. The van der Waals surface area contributed by atoms with Crippen LogP contribution < -0.4 is 0 Å². The lowest BCUT2D eigenvalue weighted by Gasteiger charge is -2.37. The summed E-state index contributed by atoms with van der Waals surface area (Å²) in [5.41, 5.74) is 0. The third-order valence-electron chi connectivity index (χ3n) is 2.80. The summed E-state index contributed by atoms with van der Waals surface area (Å²) in [6.07, 6.45) is -38.6. The second-order valence-corrected chi connectivity index (χ2v) is 4.97. The molecule has 3 atom stereocenters. The van der Waals surface area contributed by atoms with Gasteiger partial charge in [-0.3, -0.25) is 14.2 Å². The topological polar surface area (TPSA) is 27.7 Å². The molecule has 0 radical (unpaired) electrons. The SMILES string of the molecule is FC(F)C(F)(OC(OC(F)(C(F)F)C(F)(F)F)OC(F)(C(F)F)C(F)(F)F)C(F)(F)F. The van der Waals surface area contributed by atoms with E-state index in [1.807, 2.05) is 0 Å². The van der Waals surface area contributed by atoms with Crippen LogP contribution in [0.4, 0.5) is 79.0 Å². The van der Waals surface area contributed by atoms with Crippen LogP contribution in [-0.2, 0) is 14.2 Å². The molecule has 0 fully saturated rings. The van der Waals surface area contributed by atoms with Crippen molar-refractivity contribution >= 4 is 0 Å². The van der Waals surface area contributed by atoms with E-state index in [1.54, 1.807) is 0 Å². The maximum absolute atomic E-state index is 13.4. The Hall–Kier alpha value is -1.38. The van der Waals surface area contributed by atoms with Gasteiger partial charge in [-0.25, -0.2) is 26.3 Å². The van der Waals surface area contributed by atoms with E-state index in [0.29, 0.717) is 0 Å². The molecule has 0 saturated heterocycles. The highest BCUT2D eigenvalue weighted by Crippen LogP contribution is 2.47. The van der Waals surface area contributed by atoms with Crippen molar-refractivity contribution in [2.24, 2.45) is 0 Å². The monoisotopic (exact) mass is 514 g/mol. The molecule has 31 heavy (non-hydrogen) atoms. The van der Waals surface area contributed by atoms with Crippen molar-refractivity contribution in [3.05, 3.63) is 0 Å². The molecule has 0 aromatic rings. The molecule has 0 N–H and O–H groups in total. The predicted octanol–water partition coefficient (Wildman–Crippen LogP) is 5.80. The summed E-state index contributed by atoms with van der Waals surface area (Å²) in [5, 5.41) is 0. The minimum atomic E-state index is -7.18. The highest BCUT2D eigenvalue weighted by atomic mass is 19.4. The van der Waals surface area contributed by atoms with Crippen LogP contribution in [0.5, 0.6) is 0 Å². The van der Waals surface area contributed by atoms with Gasteiger partial charge in [0.25, 0.3) is 6.48 Å². The molecule has 0 aliphatic rings. The van der Waals surface area contributed by atoms with E-state index in [-0.39, 0.29) is 0 Å². The second kappa shape index (κ2) is 8.87. The van der Waals surface area contributed by atoms with Crippen LogP contribution in [0.15, 0.2) is 0 Å². The highest BCUT2D eigenvalue weighted by Gasteiger charge is 2.72. The summed E-state index contributed by atoms with van der Waals surface area (Å²) in [7, 11) is 0. The maximum Gasteiger partial charge on any atom is 0.454 e. The summed E-state index contributed by atoms with van der Waals surface area (Å²) in [4.78, 5) is 0. The predicted molar refractivity (Wildman–Crippen MR) is 54.7 cm³/mol. The Kier molecular flexibility index (Phi) is 8.47. The molecule has 0 aromatic carbocycles. The van der Waals surface area contributed by atoms with Gasteiger partial charge in [-0.1, -0.05) is 0 Å². The molecular weight excluding hydrogens is 510 g/mol. The number of rotatable bonds is 9. The van der Waals surface area contributed by atoms with Gasteiger partial charge in [0.1, 0.15) is 0 Å². The third-order valence-corrected chi connectivity index (χ3v) is 2.80. The maximum atomic E-state index is 13.4. The van der Waals surface area contributed by atoms with Crippen molar-refractivity contribution in [3.8, 4) is 0 Å². The number of hydrogen-bond acceptors (Lipinski definition) is 3. The van der Waals surface area contributed by atoms with E-state index < -0.39 is 61.8 Å². The van der Waals surface area contributed by atoms with Crippen molar-refractivity contribution in [2.45, 2.75) is 61.8 Å². The smallest absolute Gasteiger partial charge is 0.280 e. The Balaban J connectivity index is 6.58. The summed E-state index contributed by atoms with van der Waals surface area (Å²) in [6.45, 7) is -5.50. The molecule has 188 valence electrons. The standard InChI is InChI=1S/C10H4F18O3/c11-1(12)5(17,8(20,21)22)29-4(30-6(18,2(13)14)9(23,24)25)31-7(19,3(15)16)10(26,27)28/h1-4H. The van der Waals surface area contributed by atoms with Gasteiger partial charge in [-0.15, -0.1) is 0 Å². The third kappa shape index (κ3) is 5.90. The Morgan fingerprint density at radius 1 is 0.355 bits per heavy atom. The van der Waals surface area contributed by atoms with Crippen molar-refractivity contribution in [2.75, 3.05) is 0 Å². The molecule has 0 amide bonds. The molecule has 0 aliphatic carbocycles. The van der Waals surface area contributed by atoms with Crippen molar-refractivity contribution in [3.63, 3.8) is 0 Å². The van der Waals surface area contributed by atoms with E-state index in [0.717, 1.165) is 0 Å². The first-order valence-electron chi connectivity index (χ1n) is 6.51. The lowest BCUT2D eigenvalue weighted by molar-refractivity contribution is -0.525. The quantitative estimate of drug-likeness (QED) is 0.288. The van der Waals surface area contributed by atoms with Crippen LogP contribution in [0.2, 0.25) is 0 Å². The van der Waals surface area contributed by atoms with Crippen LogP contribution in [0.3, 0.4) is 0 Å². The Morgan fingerprint density at radius 2 is 0.516 bits per heavy atom. The summed E-state index contributed by atoms with van der Waals surface area (Å²) in [6, 6.07) is 0. The van der Waals surface area contributed by atoms with Crippen molar-refractivity contribution in [1.82, 2.24) is 0 Å². The number of hydrogen-bond donors (Lipinski definition) is 0. The van der Waals surface area contributed by atoms with Crippen LogP contribution in [0.25, 0.3) is 0 Å². The Morgan fingerprint density at radius 3 is 0.613 bits per heavy atom. The minimum Gasteiger partial charge on any atom is -0.280 e. The lowest BCUT2D eigenvalue weighted by atomic mass is 10.3. The van der Waals surface area contributed by atoms with Gasteiger partial charge in [0.15, 0.2) is 0 Å². The molecule has 0 aliphatic heterocycles. The van der Waals surface area contributed by atoms with E-state index in [1.165, 1.54) is 0 Å². The average molecular weight is 514 g/mol. The zero-order valence-electron chi connectivity index (χ0n) is 13.3. The van der Waals surface area contributed by atoms with E-state index >= 15 is 0 Å². The molecule has 3 nitrogen and oxygen atoms in total. The fourth-order valence-electron chi connectivity index (χ4n) is 1.22. The molecule has 0 spiro atoms. The second-order valence-electron chi connectivity index (χ2n) is 4.97. The summed E-state index contributed by atoms with van der Waals surface area (Å²) in [5.74, 6) is -20.5. The van der Waals surface area contributed by atoms with Gasteiger partial charge in [0.05, 0.1) is 0 Å². The molecular formula is C10H4F18O3. The minimum absolute atomic E-state index is 2.21. The number of ether oxygens (including phenoxy) is 3. The number of alkyl halides is 18. The van der Waals surface area contributed by atoms with E-state index in [9.17, 15) is 79.0 Å². The normalized spacial score (nSPS) is 21.2. The Bertz CT molecular complexity index is 504. The molecule has 0 bridgehead atoms. The van der Waals surface area contributed by atoms with Crippen LogP contribution in [0, 0.1) is 0 Å². The summed E-state index contributed by atoms with van der Waals surface area (Å²) < 4.78 is 232. The number of halogens is 18. The van der Waals surface area contributed by atoms with Gasteiger partial charge in [0.2, 0.25) is 0 Å². The van der Waals surface area contributed by atoms with Gasteiger partial charge in [-0.05, 0) is 0 Å². The Labute approximate surface area is 156 Å². The van der Waals surface area contributed by atoms with Gasteiger partial charge in [-0.2, -0.15) is 52.7 Å². The van der Waals surface area contributed by atoms with Gasteiger partial charge in [0, 0.05) is 0 Å². The zero-order chi connectivity index (χ0) is 25.4. The molecule has 0 aromatic heterocycles. The van der Waals surface area contributed by atoms with Crippen LogP contribution >= 0.6 is 0 Å². The largest absolute Gasteiger partial charge is 0.454 e. The van der Waals surface area contributed by atoms with Crippen LogP contribution in [-0.4, -0.2) is 61.8 Å². The zero-order valence-corrected chi connectivity index (χ0v) is 13.3. The van der Waals surface area contributed by atoms with Gasteiger partial charge >= 0.3 is 55.4 Å².